The molecule has 0 saturated heterocycles. The van der Waals surface area contributed by atoms with Gasteiger partial charge in [-0.15, -0.1) is 0 Å². The Kier molecular flexibility index (Phi) is 7.92. The molecule has 0 heterocycles. The average Bonchev–Trinajstić information content (AvgIpc) is 2.41. The van der Waals surface area contributed by atoms with Crippen LogP contribution in [0.15, 0.2) is 24.3 Å². The largest absolute Gasteiger partial charge is 0.395 e. The van der Waals surface area contributed by atoms with Gasteiger partial charge < -0.3 is 9.84 Å². The maximum atomic E-state index is 8.75. The summed E-state index contributed by atoms with van der Waals surface area (Å²) >= 11 is 0. The van der Waals surface area contributed by atoms with Crippen LogP contribution in [0.4, 0.5) is 0 Å². The van der Waals surface area contributed by atoms with Gasteiger partial charge in [0.2, 0.25) is 0 Å². The maximum absolute atomic E-state index is 8.75. The fraction of sp³-hybridized carbons (Fsp3) is 0.500. The molecule has 0 unspecified atom stereocenters. The number of aliphatic hydroxyl groups excluding tert-OH is 1. The Morgan fingerprint density at radius 1 is 1.32 bits per heavy atom. The molecule has 104 valence electrons. The molecule has 0 aliphatic carbocycles. The molecule has 0 spiro atoms. The first kappa shape index (κ1) is 15.7. The first-order valence-corrected chi connectivity index (χ1v) is 6.71. The van der Waals surface area contributed by atoms with E-state index in [0.717, 1.165) is 31.9 Å². The SMILES string of the molecule is CCOCCN(C)Cc1ccccc1C#CCCO. The number of nitrogens with zero attached hydrogens (tertiary/aromatic N) is 1. The topological polar surface area (TPSA) is 32.7 Å². The number of rotatable bonds is 7. The molecular weight excluding hydrogens is 238 g/mol. The van der Waals surface area contributed by atoms with Crippen LogP contribution in [0.1, 0.15) is 24.5 Å². The summed E-state index contributed by atoms with van der Waals surface area (Å²) in [6.07, 6.45) is 0.522. The molecular formula is C16H23NO2. The van der Waals surface area contributed by atoms with Crippen molar-refractivity contribution in [3.63, 3.8) is 0 Å². The van der Waals surface area contributed by atoms with Crippen LogP contribution in [0.5, 0.6) is 0 Å². The summed E-state index contributed by atoms with van der Waals surface area (Å²) in [5.41, 5.74) is 2.26. The van der Waals surface area contributed by atoms with E-state index in [1.165, 1.54) is 5.56 Å². The molecule has 1 rings (SSSR count). The van der Waals surface area contributed by atoms with Gasteiger partial charge in [-0.3, -0.25) is 4.90 Å². The molecule has 19 heavy (non-hydrogen) atoms. The third-order valence-electron chi connectivity index (χ3n) is 2.74. The smallest absolute Gasteiger partial charge is 0.0593 e. The van der Waals surface area contributed by atoms with Gasteiger partial charge in [0.15, 0.2) is 0 Å². The number of hydrogen-bond acceptors (Lipinski definition) is 3. The van der Waals surface area contributed by atoms with E-state index < -0.39 is 0 Å². The average molecular weight is 261 g/mol. The van der Waals surface area contributed by atoms with Crippen LogP contribution in [0.3, 0.4) is 0 Å². The zero-order valence-corrected chi connectivity index (χ0v) is 11.9. The highest BCUT2D eigenvalue weighted by Crippen LogP contribution is 2.09. The molecule has 1 N–H and O–H groups in total. The van der Waals surface area contributed by atoms with E-state index in [1.54, 1.807) is 0 Å². The summed E-state index contributed by atoms with van der Waals surface area (Å²) in [7, 11) is 2.08. The van der Waals surface area contributed by atoms with Gasteiger partial charge in [-0.2, -0.15) is 0 Å². The normalized spacial score (nSPS) is 10.3. The van der Waals surface area contributed by atoms with Crippen LogP contribution in [-0.2, 0) is 11.3 Å². The monoisotopic (exact) mass is 261 g/mol. The second-order valence-electron chi connectivity index (χ2n) is 4.37. The van der Waals surface area contributed by atoms with E-state index >= 15 is 0 Å². The summed E-state index contributed by atoms with van der Waals surface area (Å²) in [5.74, 6) is 6.09. The Bertz CT molecular complexity index is 420. The highest BCUT2D eigenvalue weighted by molar-refractivity contribution is 5.41. The minimum atomic E-state index is 0.115. The van der Waals surface area contributed by atoms with Crippen molar-refractivity contribution < 1.29 is 9.84 Å². The summed E-state index contributed by atoms with van der Waals surface area (Å²) in [5, 5.41) is 8.75. The highest BCUT2D eigenvalue weighted by Gasteiger charge is 2.03. The Morgan fingerprint density at radius 3 is 2.84 bits per heavy atom. The van der Waals surface area contributed by atoms with E-state index in [2.05, 4.69) is 29.9 Å². The van der Waals surface area contributed by atoms with E-state index in [9.17, 15) is 0 Å². The van der Waals surface area contributed by atoms with Gasteiger partial charge in [0.1, 0.15) is 0 Å². The quantitative estimate of drug-likeness (QED) is 0.601. The number of aliphatic hydroxyl groups is 1. The van der Waals surface area contributed by atoms with Crippen molar-refractivity contribution in [2.75, 3.05) is 33.4 Å². The molecule has 3 heteroatoms. The fourth-order valence-electron chi connectivity index (χ4n) is 1.73. The predicted octanol–water partition coefficient (Wildman–Crippen LogP) is 1.89. The molecule has 0 fully saturated rings. The molecule has 0 saturated carbocycles. The Morgan fingerprint density at radius 2 is 2.11 bits per heavy atom. The lowest BCUT2D eigenvalue weighted by atomic mass is 10.1. The Labute approximate surface area is 116 Å². The van der Waals surface area contributed by atoms with Crippen LogP contribution in [0.2, 0.25) is 0 Å². The van der Waals surface area contributed by atoms with Gasteiger partial charge in [0.05, 0.1) is 13.2 Å². The van der Waals surface area contributed by atoms with Gasteiger partial charge in [0, 0.05) is 31.7 Å². The molecule has 0 bridgehead atoms. The molecule has 3 nitrogen and oxygen atoms in total. The van der Waals surface area contributed by atoms with Crippen molar-refractivity contribution >= 4 is 0 Å². The lowest BCUT2D eigenvalue weighted by Crippen LogP contribution is -2.23. The van der Waals surface area contributed by atoms with E-state index in [0.29, 0.717) is 6.42 Å². The molecule has 0 atom stereocenters. The van der Waals surface area contributed by atoms with Gasteiger partial charge >= 0.3 is 0 Å². The van der Waals surface area contributed by atoms with E-state index in [-0.39, 0.29) is 6.61 Å². The predicted molar refractivity (Wildman–Crippen MR) is 77.8 cm³/mol. The van der Waals surface area contributed by atoms with E-state index in [1.807, 2.05) is 25.1 Å². The van der Waals surface area contributed by atoms with Crippen LogP contribution in [0.25, 0.3) is 0 Å². The van der Waals surface area contributed by atoms with Crippen molar-refractivity contribution in [3.05, 3.63) is 35.4 Å². The maximum Gasteiger partial charge on any atom is 0.0593 e. The minimum absolute atomic E-state index is 0.115. The second-order valence-corrected chi connectivity index (χ2v) is 4.37. The van der Waals surface area contributed by atoms with Crippen molar-refractivity contribution in [2.24, 2.45) is 0 Å². The fourth-order valence-corrected chi connectivity index (χ4v) is 1.73. The number of hydrogen-bond donors (Lipinski definition) is 1. The van der Waals surface area contributed by atoms with E-state index in [4.69, 9.17) is 9.84 Å². The van der Waals surface area contributed by atoms with Crippen LogP contribution >= 0.6 is 0 Å². The van der Waals surface area contributed by atoms with Gasteiger partial charge in [-0.1, -0.05) is 30.0 Å². The lowest BCUT2D eigenvalue weighted by Gasteiger charge is -2.17. The summed E-state index contributed by atoms with van der Waals surface area (Å²) in [6, 6.07) is 8.14. The molecule has 1 aromatic rings. The molecule has 0 amide bonds. The standard InChI is InChI=1S/C16H23NO2/c1-3-19-13-11-17(2)14-16-10-5-4-8-15(16)9-6-7-12-18/h4-5,8,10,18H,3,7,11-14H2,1-2H3. The van der Waals surface area contributed by atoms with Gasteiger partial charge in [0.25, 0.3) is 0 Å². The van der Waals surface area contributed by atoms with Gasteiger partial charge in [-0.05, 0) is 25.6 Å². The Balaban J connectivity index is 2.60. The van der Waals surface area contributed by atoms with Gasteiger partial charge in [-0.25, -0.2) is 0 Å². The molecule has 1 aromatic carbocycles. The van der Waals surface area contributed by atoms with Crippen LogP contribution < -0.4 is 0 Å². The van der Waals surface area contributed by atoms with Crippen molar-refractivity contribution in [1.29, 1.82) is 0 Å². The summed E-state index contributed by atoms with van der Waals surface area (Å²) < 4.78 is 5.35. The van der Waals surface area contributed by atoms with Crippen LogP contribution in [-0.4, -0.2) is 43.4 Å². The molecule has 0 aliphatic heterocycles. The second kappa shape index (κ2) is 9.57. The van der Waals surface area contributed by atoms with Crippen molar-refractivity contribution in [2.45, 2.75) is 19.9 Å². The summed E-state index contributed by atoms with van der Waals surface area (Å²) in [6.45, 7) is 5.40. The van der Waals surface area contributed by atoms with Crippen LogP contribution in [0, 0.1) is 11.8 Å². The molecule has 0 aromatic heterocycles. The first-order chi connectivity index (χ1) is 9.27. The first-order valence-electron chi connectivity index (χ1n) is 6.71. The van der Waals surface area contributed by atoms with Crippen molar-refractivity contribution in [1.82, 2.24) is 4.90 Å². The minimum Gasteiger partial charge on any atom is -0.395 e. The molecule has 0 aliphatic rings. The lowest BCUT2D eigenvalue weighted by molar-refractivity contribution is 0.120. The zero-order valence-electron chi connectivity index (χ0n) is 11.9. The summed E-state index contributed by atoms with van der Waals surface area (Å²) in [4.78, 5) is 2.22. The number of benzene rings is 1. The molecule has 0 radical (unpaired) electrons. The third-order valence-corrected chi connectivity index (χ3v) is 2.74. The third kappa shape index (κ3) is 6.40. The number of ether oxygens (including phenoxy) is 1. The number of likely N-dealkylation sites (N-methyl/N-ethyl adjacent to an activating group) is 1. The highest BCUT2D eigenvalue weighted by atomic mass is 16.5. The van der Waals surface area contributed by atoms with Crippen molar-refractivity contribution in [3.8, 4) is 11.8 Å². The Hall–Kier alpha value is -1.34. The zero-order chi connectivity index (χ0) is 13.9.